The van der Waals surface area contributed by atoms with E-state index in [-0.39, 0.29) is 6.42 Å². The van der Waals surface area contributed by atoms with Gasteiger partial charge in [0, 0.05) is 7.11 Å². The molecule has 3 heteroatoms. The van der Waals surface area contributed by atoms with E-state index in [1.165, 1.54) is 0 Å². The molecular weight excluding hydrogens is 154 g/mol. The minimum absolute atomic E-state index is 0.174. The van der Waals surface area contributed by atoms with Gasteiger partial charge in [0.2, 0.25) is 0 Å². The monoisotopic (exact) mass is 169 g/mol. The lowest BCUT2D eigenvalue weighted by atomic mass is 9.93. The normalized spacial score (nSPS) is 23.4. The van der Waals surface area contributed by atoms with Crippen molar-refractivity contribution in [3.63, 3.8) is 0 Å². The topological polar surface area (TPSA) is 53.2 Å². The van der Waals surface area contributed by atoms with Gasteiger partial charge in [-0.05, 0) is 12.8 Å². The summed E-state index contributed by atoms with van der Waals surface area (Å²) in [4.78, 5) is 0. The lowest BCUT2D eigenvalue weighted by Crippen LogP contribution is -2.41. The minimum atomic E-state index is -0.616. The van der Waals surface area contributed by atoms with Gasteiger partial charge in [-0.1, -0.05) is 12.8 Å². The number of rotatable bonds is 3. The van der Waals surface area contributed by atoms with Gasteiger partial charge in [-0.25, -0.2) is 0 Å². The van der Waals surface area contributed by atoms with E-state index in [0.29, 0.717) is 0 Å². The Kier molecular flexibility index (Phi) is 3.07. The first kappa shape index (κ1) is 9.50. The van der Waals surface area contributed by atoms with Crippen LogP contribution >= 0.6 is 0 Å². The zero-order chi connectivity index (χ0) is 9.03. The van der Waals surface area contributed by atoms with Crippen molar-refractivity contribution in [2.45, 2.75) is 43.8 Å². The molecule has 68 valence electrons. The molecule has 1 saturated carbocycles. The number of ether oxygens (including phenoxy) is 1. The summed E-state index contributed by atoms with van der Waals surface area (Å²) in [6, 6.07) is 1.97. The molecule has 0 aromatic heterocycles. The molecule has 1 N–H and O–H groups in total. The van der Waals surface area contributed by atoms with E-state index < -0.39 is 11.7 Å². The maximum Gasteiger partial charge on any atom is 0.0959 e. The van der Waals surface area contributed by atoms with Crippen molar-refractivity contribution in [2.24, 2.45) is 0 Å². The van der Waals surface area contributed by atoms with Gasteiger partial charge in [-0.3, -0.25) is 0 Å². The summed E-state index contributed by atoms with van der Waals surface area (Å²) in [7, 11) is 1.62. The fraction of sp³-hybridized carbons (Fsp3) is 0.889. The van der Waals surface area contributed by atoms with Crippen molar-refractivity contribution in [1.29, 1.82) is 5.26 Å². The van der Waals surface area contributed by atoms with Crippen molar-refractivity contribution < 1.29 is 9.84 Å². The van der Waals surface area contributed by atoms with Gasteiger partial charge in [0.15, 0.2) is 0 Å². The molecule has 0 aromatic carbocycles. The van der Waals surface area contributed by atoms with Gasteiger partial charge < -0.3 is 9.84 Å². The number of aliphatic hydroxyl groups excluding tert-OH is 1. The van der Waals surface area contributed by atoms with E-state index in [0.717, 1.165) is 25.7 Å². The van der Waals surface area contributed by atoms with E-state index in [1.807, 2.05) is 6.07 Å². The van der Waals surface area contributed by atoms with Gasteiger partial charge in [0.05, 0.1) is 24.2 Å². The van der Waals surface area contributed by atoms with Crippen LogP contribution in [0, 0.1) is 11.3 Å². The van der Waals surface area contributed by atoms with Crippen LogP contribution in [0.3, 0.4) is 0 Å². The second kappa shape index (κ2) is 3.88. The molecular formula is C9H15NO2. The summed E-state index contributed by atoms with van der Waals surface area (Å²) in [5.74, 6) is 0. The quantitative estimate of drug-likeness (QED) is 0.691. The Bertz CT molecular complexity index is 179. The second-order valence-electron chi connectivity index (χ2n) is 3.35. The Labute approximate surface area is 73.0 Å². The molecule has 1 aliphatic rings. The summed E-state index contributed by atoms with van der Waals surface area (Å²) in [6.07, 6.45) is 3.51. The van der Waals surface area contributed by atoms with Crippen LogP contribution in [0.25, 0.3) is 0 Å². The van der Waals surface area contributed by atoms with Crippen LogP contribution < -0.4 is 0 Å². The highest BCUT2D eigenvalue weighted by Crippen LogP contribution is 2.36. The van der Waals surface area contributed by atoms with E-state index in [2.05, 4.69) is 0 Å². The molecule has 1 fully saturated rings. The molecule has 0 bridgehead atoms. The van der Waals surface area contributed by atoms with Crippen LogP contribution in [0.15, 0.2) is 0 Å². The first-order valence-electron chi connectivity index (χ1n) is 4.35. The molecule has 0 heterocycles. The van der Waals surface area contributed by atoms with E-state index in [4.69, 9.17) is 10.00 Å². The molecule has 3 nitrogen and oxygen atoms in total. The molecule has 1 rings (SSSR count). The lowest BCUT2D eigenvalue weighted by Gasteiger charge is -2.31. The third kappa shape index (κ3) is 1.60. The van der Waals surface area contributed by atoms with E-state index in [9.17, 15) is 5.11 Å². The highest BCUT2D eigenvalue weighted by molar-refractivity contribution is 4.96. The van der Waals surface area contributed by atoms with E-state index >= 15 is 0 Å². The smallest absolute Gasteiger partial charge is 0.0959 e. The first-order valence-corrected chi connectivity index (χ1v) is 4.35. The Morgan fingerprint density at radius 1 is 1.58 bits per heavy atom. The summed E-state index contributed by atoms with van der Waals surface area (Å²) in [5.41, 5.74) is -0.421. The summed E-state index contributed by atoms with van der Waals surface area (Å²) < 4.78 is 5.31. The van der Waals surface area contributed by atoms with Crippen LogP contribution in [0.2, 0.25) is 0 Å². The average molecular weight is 169 g/mol. The standard InChI is InChI=1S/C9H15NO2/c1-12-9(5-2-3-6-9)8(11)4-7-10/h8,11H,2-6H2,1H3. The van der Waals surface area contributed by atoms with Gasteiger partial charge in [0.1, 0.15) is 0 Å². The number of nitriles is 1. The van der Waals surface area contributed by atoms with Crippen molar-refractivity contribution in [3.05, 3.63) is 0 Å². The Morgan fingerprint density at radius 2 is 2.17 bits per heavy atom. The number of aliphatic hydroxyl groups is 1. The van der Waals surface area contributed by atoms with Crippen LogP contribution in [0.5, 0.6) is 0 Å². The zero-order valence-electron chi connectivity index (χ0n) is 7.42. The molecule has 0 saturated heterocycles. The molecule has 0 aliphatic heterocycles. The molecule has 0 radical (unpaired) electrons. The van der Waals surface area contributed by atoms with Gasteiger partial charge in [-0.15, -0.1) is 0 Å². The second-order valence-corrected chi connectivity index (χ2v) is 3.35. The predicted octanol–water partition coefficient (Wildman–Crippen LogP) is 1.22. The molecule has 0 aromatic rings. The summed E-state index contributed by atoms with van der Waals surface area (Å²) >= 11 is 0. The van der Waals surface area contributed by atoms with Crippen LogP contribution in [-0.2, 0) is 4.74 Å². The molecule has 0 amide bonds. The fourth-order valence-electron chi connectivity index (χ4n) is 1.92. The number of nitrogens with zero attached hydrogens (tertiary/aromatic N) is 1. The first-order chi connectivity index (χ1) is 5.75. The van der Waals surface area contributed by atoms with Crippen molar-refractivity contribution in [1.82, 2.24) is 0 Å². The number of methoxy groups -OCH3 is 1. The summed E-state index contributed by atoms with van der Waals surface area (Å²) in [5, 5.41) is 18.1. The maximum atomic E-state index is 9.65. The number of hydrogen-bond donors (Lipinski definition) is 1. The SMILES string of the molecule is COC1(C(O)CC#N)CCCC1. The number of hydrogen-bond acceptors (Lipinski definition) is 3. The fourth-order valence-corrected chi connectivity index (χ4v) is 1.92. The molecule has 1 unspecified atom stereocenters. The minimum Gasteiger partial charge on any atom is -0.389 e. The van der Waals surface area contributed by atoms with Crippen molar-refractivity contribution in [2.75, 3.05) is 7.11 Å². The highest BCUT2D eigenvalue weighted by atomic mass is 16.5. The highest BCUT2D eigenvalue weighted by Gasteiger charge is 2.40. The van der Waals surface area contributed by atoms with Crippen LogP contribution in [-0.4, -0.2) is 23.9 Å². The summed E-state index contributed by atoms with van der Waals surface area (Å²) in [6.45, 7) is 0. The van der Waals surface area contributed by atoms with Crippen molar-refractivity contribution >= 4 is 0 Å². The Hall–Kier alpha value is -0.590. The zero-order valence-corrected chi connectivity index (χ0v) is 7.42. The average Bonchev–Trinajstić information content (AvgIpc) is 2.54. The van der Waals surface area contributed by atoms with E-state index in [1.54, 1.807) is 7.11 Å². The molecule has 1 atom stereocenters. The predicted molar refractivity (Wildman–Crippen MR) is 44.4 cm³/mol. The maximum absolute atomic E-state index is 9.65. The molecule has 12 heavy (non-hydrogen) atoms. The largest absolute Gasteiger partial charge is 0.389 e. The molecule has 1 aliphatic carbocycles. The van der Waals surface area contributed by atoms with Gasteiger partial charge in [0.25, 0.3) is 0 Å². The molecule has 0 spiro atoms. The third-order valence-electron chi connectivity index (χ3n) is 2.75. The van der Waals surface area contributed by atoms with Crippen molar-refractivity contribution in [3.8, 4) is 6.07 Å². The van der Waals surface area contributed by atoms with Gasteiger partial charge >= 0.3 is 0 Å². The Morgan fingerprint density at radius 3 is 2.58 bits per heavy atom. The van der Waals surface area contributed by atoms with Crippen LogP contribution in [0.4, 0.5) is 0 Å². The lowest BCUT2D eigenvalue weighted by molar-refractivity contribution is -0.0954. The van der Waals surface area contributed by atoms with Crippen LogP contribution in [0.1, 0.15) is 32.1 Å². The Balaban J connectivity index is 2.60. The van der Waals surface area contributed by atoms with Gasteiger partial charge in [-0.2, -0.15) is 5.26 Å². The third-order valence-corrected chi connectivity index (χ3v) is 2.75.